The molecule has 31 heavy (non-hydrogen) atoms. The van der Waals surface area contributed by atoms with Crippen LogP contribution in [0.25, 0.3) is 0 Å². The number of carbonyl (C=O) groups is 2. The number of nitrogens with zero attached hydrogens (tertiary/aromatic N) is 1. The molecule has 0 radical (unpaired) electrons. The summed E-state index contributed by atoms with van der Waals surface area (Å²) in [6.07, 6.45) is 3.60. The third kappa shape index (κ3) is 5.81. The van der Waals surface area contributed by atoms with Crippen LogP contribution in [0.5, 0.6) is 5.75 Å². The van der Waals surface area contributed by atoms with Gasteiger partial charge in [0.1, 0.15) is 5.75 Å². The Morgan fingerprint density at radius 2 is 1.74 bits per heavy atom. The molecule has 7 heteroatoms. The summed E-state index contributed by atoms with van der Waals surface area (Å²) in [6.45, 7) is 3.66. The van der Waals surface area contributed by atoms with Crippen LogP contribution < -0.4 is 10.7 Å². The lowest BCUT2D eigenvalue weighted by molar-refractivity contribution is 0.0954. The molecule has 2 amide bonds. The third-order valence-corrected chi connectivity index (χ3v) is 4.61. The number of hydrazone groups is 1. The fourth-order valence-corrected chi connectivity index (χ4v) is 2.99. The second kappa shape index (κ2) is 10.2. The van der Waals surface area contributed by atoms with Crippen LogP contribution in [0.3, 0.4) is 0 Å². The number of phenols is 1. The van der Waals surface area contributed by atoms with Gasteiger partial charge in [0.05, 0.1) is 6.21 Å². The summed E-state index contributed by atoms with van der Waals surface area (Å²) < 4.78 is 0. The second-order valence-electron chi connectivity index (χ2n) is 6.59. The molecule has 0 heterocycles. The first kappa shape index (κ1) is 21.8. The molecule has 0 aliphatic rings. The predicted molar refractivity (Wildman–Crippen MR) is 123 cm³/mol. The van der Waals surface area contributed by atoms with Crippen LogP contribution in [0.1, 0.15) is 31.8 Å². The molecule has 0 spiro atoms. The number of para-hydroxylation sites is 1. The summed E-state index contributed by atoms with van der Waals surface area (Å²) in [6, 6.07) is 18.3. The first-order valence-electron chi connectivity index (χ1n) is 9.40. The van der Waals surface area contributed by atoms with Crippen molar-refractivity contribution in [3.05, 3.63) is 107 Å². The van der Waals surface area contributed by atoms with Crippen molar-refractivity contribution >= 4 is 35.3 Å². The zero-order valence-electron chi connectivity index (χ0n) is 16.5. The molecular formula is C24H20ClN3O3. The van der Waals surface area contributed by atoms with Crippen LogP contribution >= 0.6 is 11.6 Å². The van der Waals surface area contributed by atoms with Gasteiger partial charge in [0.2, 0.25) is 0 Å². The number of hydrogen-bond acceptors (Lipinski definition) is 4. The van der Waals surface area contributed by atoms with Crippen LogP contribution in [-0.2, 0) is 6.42 Å². The van der Waals surface area contributed by atoms with Crippen molar-refractivity contribution in [2.24, 2.45) is 5.10 Å². The lowest BCUT2D eigenvalue weighted by Crippen LogP contribution is -2.18. The van der Waals surface area contributed by atoms with Gasteiger partial charge < -0.3 is 10.4 Å². The Kier molecular flexibility index (Phi) is 7.19. The molecule has 3 aromatic carbocycles. The minimum absolute atomic E-state index is 0.0974. The monoisotopic (exact) mass is 433 g/mol. The van der Waals surface area contributed by atoms with Crippen molar-refractivity contribution in [2.75, 3.05) is 5.32 Å². The van der Waals surface area contributed by atoms with Gasteiger partial charge >= 0.3 is 0 Å². The van der Waals surface area contributed by atoms with Crippen molar-refractivity contribution in [1.82, 2.24) is 5.43 Å². The fraction of sp³-hybridized carbons (Fsp3) is 0.0417. The maximum absolute atomic E-state index is 12.3. The minimum atomic E-state index is -0.425. The molecule has 6 nitrogen and oxygen atoms in total. The van der Waals surface area contributed by atoms with E-state index in [0.717, 1.165) is 5.56 Å². The average molecular weight is 434 g/mol. The second-order valence-corrected chi connectivity index (χ2v) is 7.03. The summed E-state index contributed by atoms with van der Waals surface area (Å²) in [5.74, 6) is -0.631. The fourth-order valence-electron chi connectivity index (χ4n) is 2.80. The number of amides is 2. The standard InChI is InChI=1S/C24H20ClN3O3/c1-2-5-16-6-3-8-19(22(16)29)15-26-28-24(31)17-10-12-21(13-11-17)27-23(30)18-7-4-9-20(25)14-18/h2-4,6-15,29H,1,5H2,(H,27,30)(H,28,31)/b26-15-. The van der Waals surface area contributed by atoms with Crippen LogP contribution in [0.15, 0.2) is 84.5 Å². The number of phenolic OH excluding ortho intramolecular Hbond substituents is 1. The molecule has 0 unspecified atom stereocenters. The normalized spacial score (nSPS) is 10.6. The number of allylic oxidation sites excluding steroid dienone is 1. The highest BCUT2D eigenvalue weighted by Gasteiger charge is 2.09. The molecule has 0 aliphatic heterocycles. The van der Waals surface area contributed by atoms with Crippen LogP contribution in [-0.4, -0.2) is 23.1 Å². The van der Waals surface area contributed by atoms with Crippen LogP contribution in [0, 0.1) is 0 Å². The Hall–Kier alpha value is -3.90. The largest absolute Gasteiger partial charge is 0.507 e. The number of hydrogen-bond donors (Lipinski definition) is 3. The van der Waals surface area contributed by atoms with Crippen molar-refractivity contribution in [3.8, 4) is 5.75 Å². The van der Waals surface area contributed by atoms with Crippen molar-refractivity contribution < 1.29 is 14.7 Å². The van der Waals surface area contributed by atoms with Gasteiger partial charge in [-0.3, -0.25) is 9.59 Å². The van der Waals surface area contributed by atoms with Crippen LogP contribution in [0.4, 0.5) is 5.69 Å². The molecule has 3 N–H and O–H groups in total. The molecule has 0 saturated heterocycles. The number of rotatable bonds is 7. The first-order chi connectivity index (χ1) is 15.0. The van der Waals surface area contributed by atoms with Crippen molar-refractivity contribution in [2.45, 2.75) is 6.42 Å². The number of benzene rings is 3. The highest BCUT2D eigenvalue weighted by molar-refractivity contribution is 6.31. The Balaban J connectivity index is 1.60. The van der Waals surface area contributed by atoms with Gasteiger partial charge in [-0.25, -0.2) is 5.43 Å². The first-order valence-corrected chi connectivity index (χ1v) is 9.78. The molecule has 0 bridgehead atoms. The van der Waals surface area contributed by atoms with Crippen LogP contribution in [0.2, 0.25) is 5.02 Å². The number of aromatic hydroxyl groups is 1. The summed E-state index contributed by atoms with van der Waals surface area (Å²) in [7, 11) is 0. The number of halogens is 1. The predicted octanol–water partition coefficient (Wildman–Crippen LogP) is 4.79. The lowest BCUT2D eigenvalue weighted by atomic mass is 10.1. The van der Waals surface area contributed by atoms with Gasteiger partial charge in [-0.05, 0) is 60.5 Å². The summed E-state index contributed by atoms with van der Waals surface area (Å²) >= 11 is 5.90. The maximum Gasteiger partial charge on any atom is 0.271 e. The van der Waals surface area contributed by atoms with Crippen molar-refractivity contribution in [3.63, 3.8) is 0 Å². The quantitative estimate of drug-likeness (QED) is 0.284. The van der Waals surface area contributed by atoms with Gasteiger partial charge in [0.25, 0.3) is 11.8 Å². The summed E-state index contributed by atoms with van der Waals surface area (Å²) in [5, 5.41) is 17.3. The van der Waals surface area contributed by atoms with Crippen molar-refractivity contribution in [1.29, 1.82) is 0 Å². The van der Waals surface area contributed by atoms with Gasteiger partial charge in [-0.1, -0.05) is 35.9 Å². The average Bonchev–Trinajstić information content (AvgIpc) is 2.77. The van der Waals surface area contributed by atoms with E-state index in [1.165, 1.54) is 6.21 Å². The molecule has 0 aliphatic carbocycles. The molecule has 0 saturated carbocycles. The molecule has 0 fully saturated rings. The Morgan fingerprint density at radius 1 is 1.00 bits per heavy atom. The van der Waals surface area contributed by atoms with Gasteiger partial charge in [-0.2, -0.15) is 5.10 Å². The zero-order valence-corrected chi connectivity index (χ0v) is 17.3. The van der Waals surface area contributed by atoms with E-state index in [9.17, 15) is 14.7 Å². The summed E-state index contributed by atoms with van der Waals surface area (Å²) in [5.41, 5.74) is 4.96. The highest BCUT2D eigenvalue weighted by Crippen LogP contribution is 2.21. The Labute approximate surface area is 184 Å². The number of nitrogens with one attached hydrogen (secondary N) is 2. The highest BCUT2D eigenvalue weighted by atomic mass is 35.5. The summed E-state index contributed by atoms with van der Waals surface area (Å²) in [4.78, 5) is 24.5. The number of anilines is 1. The third-order valence-electron chi connectivity index (χ3n) is 4.38. The van der Waals surface area contributed by atoms with E-state index in [4.69, 9.17) is 11.6 Å². The van der Waals surface area contributed by atoms with Gasteiger partial charge in [0, 0.05) is 27.4 Å². The SMILES string of the molecule is C=CCc1cccc(/C=N\NC(=O)c2ccc(NC(=O)c3cccc(Cl)c3)cc2)c1O. The Bertz CT molecular complexity index is 1140. The minimum Gasteiger partial charge on any atom is -0.507 e. The smallest absolute Gasteiger partial charge is 0.271 e. The Morgan fingerprint density at radius 3 is 2.45 bits per heavy atom. The molecule has 0 aromatic heterocycles. The topological polar surface area (TPSA) is 90.8 Å². The van der Waals surface area contributed by atoms with Gasteiger partial charge in [0.15, 0.2) is 0 Å². The van der Waals surface area contributed by atoms with E-state index >= 15 is 0 Å². The molecule has 156 valence electrons. The van der Waals surface area contributed by atoms with E-state index in [1.807, 2.05) is 0 Å². The maximum atomic E-state index is 12.3. The van der Waals surface area contributed by atoms with E-state index in [0.29, 0.717) is 33.8 Å². The van der Waals surface area contributed by atoms with E-state index < -0.39 is 5.91 Å². The van der Waals surface area contributed by atoms with E-state index in [-0.39, 0.29) is 11.7 Å². The van der Waals surface area contributed by atoms with E-state index in [2.05, 4.69) is 22.4 Å². The molecule has 3 aromatic rings. The number of carbonyl (C=O) groups excluding carboxylic acids is 2. The molecular weight excluding hydrogens is 414 g/mol. The molecule has 3 rings (SSSR count). The zero-order chi connectivity index (χ0) is 22.2. The lowest BCUT2D eigenvalue weighted by Gasteiger charge is -2.07. The van der Waals surface area contributed by atoms with Gasteiger partial charge in [-0.15, -0.1) is 6.58 Å². The van der Waals surface area contributed by atoms with E-state index in [1.54, 1.807) is 72.8 Å². The molecule has 0 atom stereocenters.